The summed E-state index contributed by atoms with van der Waals surface area (Å²) in [6.45, 7) is 6.22. The molecule has 3 nitrogen and oxygen atoms in total. The second kappa shape index (κ2) is 4.20. The van der Waals surface area contributed by atoms with Gasteiger partial charge in [-0.25, -0.2) is 4.99 Å². The molecule has 1 aliphatic carbocycles. The van der Waals surface area contributed by atoms with E-state index in [0.717, 1.165) is 31.0 Å². The highest BCUT2D eigenvalue weighted by molar-refractivity contribution is 5.75. The van der Waals surface area contributed by atoms with Crippen LogP contribution in [0.5, 0.6) is 0 Å². The lowest BCUT2D eigenvalue weighted by Crippen LogP contribution is -2.42. The van der Waals surface area contributed by atoms with E-state index in [-0.39, 0.29) is 0 Å². The summed E-state index contributed by atoms with van der Waals surface area (Å²) in [5.74, 6) is 1.59. The van der Waals surface area contributed by atoms with Crippen LogP contribution in [0.2, 0.25) is 0 Å². The van der Waals surface area contributed by atoms with Crippen LogP contribution in [0.3, 0.4) is 0 Å². The van der Waals surface area contributed by atoms with Crippen molar-refractivity contribution in [2.45, 2.75) is 39.2 Å². The van der Waals surface area contributed by atoms with Crippen molar-refractivity contribution >= 4 is 6.02 Å². The average molecular weight is 196 g/mol. The van der Waals surface area contributed by atoms with Gasteiger partial charge in [-0.1, -0.05) is 20.3 Å². The molecule has 0 saturated heterocycles. The number of hydrogen-bond acceptors (Lipinski definition) is 3. The van der Waals surface area contributed by atoms with Crippen LogP contribution in [-0.2, 0) is 4.74 Å². The maximum atomic E-state index is 5.38. The normalized spacial score (nSPS) is 37.6. The van der Waals surface area contributed by atoms with Gasteiger partial charge in [0, 0.05) is 6.04 Å². The zero-order chi connectivity index (χ0) is 9.97. The van der Waals surface area contributed by atoms with E-state index in [4.69, 9.17) is 4.74 Å². The summed E-state index contributed by atoms with van der Waals surface area (Å²) in [6.07, 6.45) is 3.95. The lowest BCUT2D eigenvalue weighted by atomic mass is 9.80. The van der Waals surface area contributed by atoms with Gasteiger partial charge in [0.05, 0.1) is 6.54 Å². The summed E-state index contributed by atoms with van der Waals surface area (Å²) < 4.78 is 5.38. The van der Waals surface area contributed by atoms with E-state index in [1.54, 1.807) is 0 Å². The molecular formula is C11H20N2O. The van der Waals surface area contributed by atoms with Gasteiger partial charge in [0.1, 0.15) is 6.61 Å². The summed E-state index contributed by atoms with van der Waals surface area (Å²) in [5, 5.41) is 3.43. The Morgan fingerprint density at radius 1 is 1.36 bits per heavy atom. The number of ether oxygens (including phenoxy) is 1. The number of nitrogens with one attached hydrogen (secondary N) is 1. The molecule has 14 heavy (non-hydrogen) atoms. The molecule has 0 radical (unpaired) electrons. The summed E-state index contributed by atoms with van der Waals surface area (Å²) in [5.41, 5.74) is 0. The summed E-state index contributed by atoms with van der Waals surface area (Å²) in [6, 6.07) is 1.34. The fourth-order valence-corrected chi connectivity index (χ4v) is 2.31. The van der Waals surface area contributed by atoms with Gasteiger partial charge in [-0.05, 0) is 24.7 Å². The molecule has 0 bridgehead atoms. The molecule has 0 aromatic rings. The van der Waals surface area contributed by atoms with Crippen LogP contribution in [-0.4, -0.2) is 25.2 Å². The van der Waals surface area contributed by atoms with E-state index in [1.807, 2.05) is 0 Å². The predicted molar refractivity (Wildman–Crippen MR) is 57.4 cm³/mol. The van der Waals surface area contributed by atoms with Crippen molar-refractivity contribution in [1.82, 2.24) is 5.32 Å². The molecule has 0 aromatic heterocycles. The topological polar surface area (TPSA) is 33.6 Å². The third kappa shape index (κ3) is 2.20. The summed E-state index contributed by atoms with van der Waals surface area (Å²) >= 11 is 0. The van der Waals surface area contributed by atoms with Crippen LogP contribution in [0.15, 0.2) is 4.99 Å². The third-order valence-corrected chi connectivity index (χ3v) is 3.35. The van der Waals surface area contributed by atoms with Crippen molar-refractivity contribution in [3.05, 3.63) is 0 Å². The Morgan fingerprint density at radius 2 is 2.21 bits per heavy atom. The van der Waals surface area contributed by atoms with Crippen molar-refractivity contribution in [3.8, 4) is 0 Å². The minimum absolute atomic E-state index is 0.565. The Morgan fingerprint density at radius 3 is 2.93 bits per heavy atom. The third-order valence-electron chi connectivity index (χ3n) is 3.35. The number of nitrogens with zero attached hydrogens (tertiary/aromatic N) is 1. The lowest BCUT2D eigenvalue weighted by Gasteiger charge is -2.33. The Bertz CT molecular complexity index is 227. The van der Waals surface area contributed by atoms with E-state index < -0.39 is 0 Å². The number of aliphatic imine (C=N–C) groups is 1. The molecule has 3 unspecified atom stereocenters. The first-order valence-corrected chi connectivity index (χ1v) is 5.69. The second-order valence-corrected chi connectivity index (χ2v) is 4.68. The molecule has 1 fully saturated rings. The van der Waals surface area contributed by atoms with Crippen LogP contribution >= 0.6 is 0 Å². The quantitative estimate of drug-likeness (QED) is 0.693. The SMILES string of the molecule is CC1CCC(C)C(NC2=NCCO2)C1. The van der Waals surface area contributed by atoms with Crippen molar-refractivity contribution in [3.63, 3.8) is 0 Å². The van der Waals surface area contributed by atoms with Crippen LogP contribution in [0, 0.1) is 11.8 Å². The van der Waals surface area contributed by atoms with E-state index in [2.05, 4.69) is 24.2 Å². The van der Waals surface area contributed by atoms with Gasteiger partial charge in [-0.2, -0.15) is 0 Å². The highest BCUT2D eigenvalue weighted by Crippen LogP contribution is 2.28. The van der Waals surface area contributed by atoms with E-state index in [0.29, 0.717) is 6.04 Å². The molecule has 1 heterocycles. The van der Waals surface area contributed by atoms with E-state index in [9.17, 15) is 0 Å². The predicted octanol–water partition coefficient (Wildman–Crippen LogP) is 1.79. The minimum Gasteiger partial charge on any atom is -0.463 e. The Kier molecular flexibility index (Phi) is 2.94. The van der Waals surface area contributed by atoms with Crippen molar-refractivity contribution in [2.75, 3.05) is 13.2 Å². The monoisotopic (exact) mass is 196 g/mol. The second-order valence-electron chi connectivity index (χ2n) is 4.68. The first-order valence-electron chi connectivity index (χ1n) is 5.69. The van der Waals surface area contributed by atoms with Gasteiger partial charge < -0.3 is 10.1 Å². The molecule has 1 saturated carbocycles. The largest absolute Gasteiger partial charge is 0.463 e. The zero-order valence-corrected chi connectivity index (χ0v) is 9.12. The van der Waals surface area contributed by atoms with Crippen LogP contribution in [0.1, 0.15) is 33.1 Å². The van der Waals surface area contributed by atoms with Crippen molar-refractivity contribution in [1.29, 1.82) is 0 Å². The van der Waals surface area contributed by atoms with Crippen LogP contribution in [0.25, 0.3) is 0 Å². The Labute approximate surface area is 85.9 Å². The number of rotatable bonds is 1. The van der Waals surface area contributed by atoms with Crippen molar-refractivity contribution < 1.29 is 4.74 Å². The van der Waals surface area contributed by atoms with Crippen LogP contribution in [0.4, 0.5) is 0 Å². The fraction of sp³-hybridized carbons (Fsp3) is 0.909. The van der Waals surface area contributed by atoms with Gasteiger partial charge in [0.2, 0.25) is 0 Å². The highest BCUT2D eigenvalue weighted by Gasteiger charge is 2.26. The zero-order valence-electron chi connectivity index (χ0n) is 9.12. The average Bonchev–Trinajstić information content (AvgIpc) is 2.64. The molecule has 1 aliphatic heterocycles. The molecule has 3 atom stereocenters. The van der Waals surface area contributed by atoms with Gasteiger partial charge in [0.15, 0.2) is 0 Å². The maximum Gasteiger partial charge on any atom is 0.285 e. The molecule has 0 aromatic carbocycles. The van der Waals surface area contributed by atoms with E-state index >= 15 is 0 Å². The molecule has 3 heteroatoms. The van der Waals surface area contributed by atoms with Crippen molar-refractivity contribution in [2.24, 2.45) is 16.8 Å². The Hall–Kier alpha value is -0.730. The minimum atomic E-state index is 0.565. The molecule has 2 rings (SSSR count). The van der Waals surface area contributed by atoms with Gasteiger partial charge in [-0.15, -0.1) is 0 Å². The molecule has 80 valence electrons. The molecule has 0 spiro atoms. The molecule has 2 aliphatic rings. The molecule has 0 amide bonds. The first-order chi connectivity index (χ1) is 6.75. The maximum absolute atomic E-state index is 5.38. The number of hydrogen-bond donors (Lipinski definition) is 1. The van der Waals surface area contributed by atoms with Gasteiger partial charge in [-0.3, -0.25) is 0 Å². The standard InChI is InChI=1S/C11H20N2O/c1-8-3-4-9(2)10(7-8)13-11-12-5-6-14-11/h8-10H,3-7H2,1-2H3,(H,12,13). The van der Waals surface area contributed by atoms with Crippen LogP contribution < -0.4 is 5.32 Å². The highest BCUT2D eigenvalue weighted by atomic mass is 16.5. The molecule has 1 N–H and O–H groups in total. The smallest absolute Gasteiger partial charge is 0.285 e. The summed E-state index contributed by atoms with van der Waals surface area (Å²) in [4.78, 5) is 4.27. The van der Waals surface area contributed by atoms with Gasteiger partial charge >= 0.3 is 0 Å². The Balaban J connectivity index is 1.88. The van der Waals surface area contributed by atoms with Gasteiger partial charge in [0.25, 0.3) is 6.02 Å². The lowest BCUT2D eigenvalue weighted by molar-refractivity contribution is 0.232. The van der Waals surface area contributed by atoms with E-state index in [1.165, 1.54) is 19.3 Å². The fourth-order valence-electron chi connectivity index (χ4n) is 2.31. The number of amidine groups is 1. The summed E-state index contributed by atoms with van der Waals surface area (Å²) in [7, 11) is 0. The molecular weight excluding hydrogens is 176 g/mol. The first kappa shape index (κ1) is 9.81.